The Kier molecular flexibility index (Phi) is 10.2. The lowest BCUT2D eigenvalue weighted by Crippen LogP contribution is -2.32. The minimum atomic E-state index is -0.729. The number of unbranched alkanes of at least 4 members (excludes halogenated alkanes) is 7. The average molecular weight is 476 g/mol. The Balaban J connectivity index is 1.59. The number of rotatable bonds is 14. The second kappa shape index (κ2) is 13.8. The number of carboxylic acids is 1. The van der Waals surface area contributed by atoms with Gasteiger partial charge in [-0.3, -0.25) is 14.4 Å². The van der Waals surface area contributed by atoms with Gasteiger partial charge in [-0.25, -0.2) is 5.10 Å². The molecule has 0 unspecified atom stereocenters. The van der Waals surface area contributed by atoms with Crippen molar-refractivity contribution in [1.82, 2.24) is 15.5 Å². The smallest absolute Gasteiger partial charge is 0.303 e. The third-order valence-electron chi connectivity index (χ3n) is 5.92. The first-order chi connectivity index (χ1) is 17.1. The van der Waals surface area contributed by atoms with Crippen molar-refractivity contribution in [1.29, 1.82) is 0 Å². The van der Waals surface area contributed by atoms with Crippen LogP contribution in [0, 0.1) is 0 Å². The summed E-state index contributed by atoms with van der Waals surface area (Å²) in [5.74, 6) is -1.13. The van der Waals surface area contributed by atoms with Crippen LogP contribution in [0.1, 0.15) is 68.1 Å². The highest BCUT2D eigenvalue weighted by Gasteiger charge is 2.22. The zero-order chi connectivity index (χ0) is 24.9. The molecule has 0 fully saturated rings. The van der Waals surface area contributed by atoms with Crippen LogP contribution in [0.5, 0.6) is 0 Å². The predicted molar refractivity (Wildman–Crippen MR) is 137 cm³/mol. The maximum Gasteiger partial charge on any atom is 0.303 e. The van der Waals surface area contributed by atoms with Gasteiger partial charge in [0.1, 0.15) is 5.56 Å². The van der Waals surface area contributed by atoms with Crippen molar-refractivity contribution >= 4 is 11.9 Å². The van der Waals surface area contributed by atoms with Gasteiger partial charge in [0.15, 0.2) is 0 Å². The molecule has 1 aromatic heterocycles. The molecule has 2 aromatic carbocycles. The van der Waals surface area contributed by atoms with Gasteiger partial charge >= 0.3 is 5.97 Å². The number of nitrogens with one attached hydrogen (secondary N) is 2. The van der Waals surface area contributed by atoms with Crippen LogP contribution >= 0.6 is 0 Å². The van der Waals surface area contributed by atoms with E-state index >= 15 is 0 Å². The Morgan fingerprint density at radius 2 is 1.31 bits per heavy atom. The molecular weight excluding hydrogens is 442 g/mol. The summed E-state index contributed by atoms with van der Waals surface area (Å²) in [6.45, 7) is 0.494. The van der Waals surface area contributed by atoms with Crippen LogP contribution in [0.3, 0.4) is 0 Å². The summed E-state index contributed by atoms with van der Waals surface area (Å²) >= 11 is 0. The van der Waals surface area contributed by atoms with Crippen LogP contribution in [0.2, 0.25) is 0 Å². The van der Waals surface area contributed by atoms with Crippen LogP contribution in [-0.2, 0) is 4.79 Å². The summed E-state index contributed by atoms with van der Waals surface area (Å²) in [5, 5.41) is 18.4. The number of aromatic nitrogens is 2. The number of benzene rings is 2. The molecule has 0 aliphatic rings. The SMILES string of the molecule is O=C(O)CCCCCCCCCCNC(=O)c1c(-c2ccccc2)c(-c2ccccc2)n[nH]c1=O. The molecule has 0 aliphatic carbocycles. The summed E-state index contributed by atoms with van der Waals surface area (Å²) in [5.41, 5.74) is 2.24. The molecule has 0 aliphatic heterocycles. The fourth-order valence-corrected chi connectivity index (χ4v) is 4.11. The molecule has 0 saturated carbocycles. The van der Waals surface area contributed by atoms with Gasteiger partial charge in [0.2, 0.25) is 0 Å². The molecule has 35 heavy (non-hydrogen) atoms. The number of hydrogen-bond acceptors (Lipinski definition) is 4. The number of H-pyrrole nitrogens is 1. The highest BCUT2D eigenvalue weighted by molar-refractivity contribution is 6.03. The number of aliphatic carboxylic acids is 1. The van der Waals surface area contributed by atoms with Crippen molar-refractivity contribution in [2.45, 2.75) is 57.8 Å². The lowest BCUT2D eigenvalue weighted by Gasteiger charge is -2.14. The Labute approximate surface area is 205 Å². The van der Waals surface area contributed by atoms with Gasteiger partial charge in [0.05, 0.1) is 5.69 Å². The van der Waals surface area contributed by atoms with Crippen molar-refractivity contribution in [3.05, 3.63) is 76.6 Å². The topological polar surface area (TPSA) is 112 Å². The van der Waals surface area contributed by atoms with Gasteiger partial charge in [-0.2, -0.15) is 5.10 Å². The summed E-state index contributed by atoms with van der Waals surface area (Å²) < 4.78 is 0. The molecule has 1 heterocycles. The molecule has 0 spiro atoms. The third kappa shape index (κ3) is 7.91. The van der Waals surface area contributed by atoms with Gasteiger partial charge in [0.25, 0.3) is 11.5 Å². The van der Waals surface area contributed by atoms with Gasteiger partial charge in [-0.05, 0) is 18.4 Å². The third-order valence-corrected chi connectivity index (χ3v) is 5.92. The molecule has 7 heteroatoms. The molecule has 184 valence electrons. The Morgan fingerprint density at radius 1 is 0.771 bits per heavy atom. The molecule has 0 bridgehead atoms. The number of aromatic amines is 1. The van der Waals surface area contributed by atoms with E-state index in [4.69, 9.17) is 5.11 Å². The minimum Gasteiger partial charge on any atom is -0.481 e. The number of carbonyl (C=O) groups is 2. The van der Waals surface area contributed by atoms with Crippen molar-refractivity contribution in [2.24, 2.45) is 0 Å². The predicted octanol–water partition coefficient (Wildman–Crippen LogP) is 5.43. The van der Waals surface area contributed by atoms with E-state index < -0.39 is 17.4 Å². The minimum absolute atomic E-state index is 0.0754. The molecule has 0 saturated heterocycles. The maximum atomic E-state index is 13.1. The molecule has 1 amide bonds. The Morgan fingerprint density at radius 3 is 1.91 bits per heavy atom. The zero-order valence-corrected chi connectivity index (χ0v) is 20.0. The largest absolute Gasteiger partial charge is 0.481 e. The van der Waals surface area contributed by atoms with E-state index in [9.17, 15) is 14.4 Å². The second-order valence-corrected chi connectivity index (χ2v) is 8.61. The number of carbonyl (C=O) groups excluding carboxylic acids is 1. The molecule has 3 aromatic rings. The van der Waals surface area contributed by atoms with Gasteiger partial charge in [-0.15, -0.1) is 0 Å². The molecular formula is C28H33N3O4. The molecule has 0 atom stereocenters. The van der Waals surface area contributed by atoms with Gasteiger partial charge in [-0.1, -0.05) is 99.2 Å². The summed E-state index contributed by atoms with van der Waals surface area (Å²) in [6.07, 6.45) is 8.09. The molecule has 0 radical (unpaired) electrons. The van der Waals surface area contributed by atoms with E-state index in [1.807, 2.05) is 60.7 Å². The van der Waals surface area contributed by atoms with Crippen molar-refractivity contribution < 1.29 is 14.7 Å². The summed E-state index contributed by atoms with van der Waals surface area (Å²) in [4.78, 5) is 36.4. The van der Waals surface area contributed by atoms with E-state index in [-0.39, 0.29) is 12.0 Å². The first kappa shape index (κ1) is 25.9. The lowest BCUT2D eigenvalue weighted by molar-refractivity contribution is -0.137. The quantitative estimate of drug-likeness (QED) is 0.269. The highest BCUT2D eigenvalue weighted by Crippen LogP contribution is 2.31. The highest BCUT2D eigenvalue weighted by atomic mass is 16.4. The van der Waals surface area contributed by atoms with Crippen molar-refractivity contribution in [2.75, 3.05) is 6.54 Å². The fraction of sp³-hybridized carbons (Fsp3) is 0.357. The second-order valence-electron chi connectivity index (χ2n) is 8.61. The standard InChI is InChI=1S/C28H33N3O4/c32-23(33)19-13-5-3-1-2-4-6-14-20-29-27(34)25-24(21-15-9-7-10-16-21)26(30-31-28(25)35)22-17-11-8-12-18-22/h7-12,15-18H,1-6,13-14,19-20H2,(H,29,34)(H,31,35)(H,32,33). The summed E-state index contributed by atoms with van der Waals surface area (Å²) in [6, 6.07) is 18.9. The first-order valence-electron chi connectivity index (χ1n) is 12.3. The van der Waals surface area contributed by atoms with Gasteiger partial charge < -0.3 is 10.4 Å². The Bertz CT molecular complexity index is 1140. The average Bonchev–Trinajstić information content (AvgIpc) is 2.87. The number of hydrogen-bond donors (Lipinski definition) is 3. The summed E-state index contributed by atoms with van der Waals surface area (Å²) in [7, 11) is 0. The maximum absolute atomic E-state index is 13.1. The normalized spacial score (nSPS) is 10.7. The van der Waals surface area contributed by atoms with E-state index in [0.29, 0.717) is 17.8 Å². The van der Waals surface area contributed by atoms with E-state index in [1.54, 1.807) is 0 Å². The van der Waals surface area contributed by atoms with Crippen molar-refractivity contribution in [3.63, 3.8) is 0 Å². The van der Waals surface area contributed by atoms with Gasteiger partial charge in [0, 0.05) is 24.1 Å². The van der Waals surface area contributed by atoms with Crippen LogP contribution in [0.25, 0.3) is 22.4 Å². The van der Waals surface area contributed by atoms with E-state index in [1.165, 1.54) is 0 Å². The first-order valence-corrected chi connectivity index (χ1v) is 12.3. The van der Waals surface area contributed by atoms with E-state index in [2.05, 4.69) is 15.5 Å². The molecule has 3 rings (SSSR count). The fourth-order valence-electron chi connectivity index (χ4n) is 4.11. The number of carboxylic acid groups (broad SMARTS) is 1. The monoisotopic (exact) mass is 475 g/mol. The van der Waals surface area contributed by atoms with E-state index in [0.717, 1.165) is 62.5 Å². The molecule has 7 nitrogen and oxygen atoms in total. The van der Waals surface area contributed by atoms with Crippen LogP contribution < -0.4 is 10.9 Å². The zero-order valence-electron chi connectivity index (χ0n) is 20.0. The lowest BCUT2D eigenvalue weighted by atomic mass is 9.95. The van der Waals surface area contributed by atoms with Crippen molar-refractivity contribution in [3.8, 4) is 22.4 Å². The van der Waals surface area contributed by atoms with Crippen LogP contribution in [0.4, 0.5) is 0 Å². The van der Waals surface area contributed by atoms with Crippen LogP contribution in [-0.4, -0.2) is 33.7 Å². The Hall–Kier alpha value is -3.74. The molecule has 3 N–H and O–H groups in total. The number of nitrogens with zero attached hydrogens (tertiary/aromatic N) is 1. The number of amides is 1. The van der Waals surface area contributed by atoms with Crippen LogP contribution in [0.15, 0.2) is 65.5 Å².